The molecular formula is C19H21. The third kappa shape index (κ3) is 2.73. The summed E-state index contributed by atoms with van der Waals surface area (Å²) in [6.07, 6.45) is 6.42. The van der Waals surface area contributed by atoms with Crippen LogP contribution in [-0.4, -0.2) is 0 Å². The molecule has 0 unspecified atom stereocenters. The number of hydrogen-bond donors (Lipinski definition) is 0. The fourth-order valence-corrected chi connectivity index (χ4v) is 2.79. The fourth-order valence-electron chi connectivity index (χ4n) is 2.79. The lowest BCUT2D eigenvalue weighted by Gasteiger charge is -2.13. The van der Waals surface area contributed by atoms with E-state index in [1.165, 1.54) is 54.4 Å². The number of unbranched alkanes of at least 4 members (excludes halogenated alkanes) is 1. The first kappa shape index (κ1) is 12.5. The fraction of sp³-hybridized carbons (Fsp3) is 0.368. The molecule has 0 N–H and O–H groups in total. The lowest BCUT2D eigenvalue weighted by atomic mass is 9.91. The van der Waals surface area contributed by atoms with E-state index >= 15 is 0 Å². The Morgan fingerprint density at radius 3 is 2.74 bits per heavy atom. The van der Waals surface area contributed by atoms with Gasteiger partial charge in [0, 0.05) is 0 Å². The van der Waals surface area contributed by atoms with Gasteiger partial charge in [0.05, 0.1) is 0 Å². The van der Waals surface area contributed by atoms with Gasteiger partial charge in [0.2, 0.25) is 0 Å². The van der Waals surface area contributed by atoms with E-state index in [1.807, 2.05) is 0 Å². The minimum absolute atomic E-state index is 0.784. The maximum atomic E-state index is 3.26. The zero-order chi connectivity index (χ0) is 13.1. The molecule has 0 aromatic heterocycles. The minimum Gasteiger partial charge on any atom is -0.0654 e. The summed E-state index contributed by atoms with van der Waals surface area (Å²) in [7, 11) is 0. The maximum Gasteiger partial charge on any atom is -0.0146 e. The maximum absolute atomic E-state index is 3.26. The molecule has 3 rings (SSSR count). The molecule has 97 valence electrons. The average molecular weight is 249 g/mol. The Morgan fingerprint density at radius 1 is 1.11 bits per heavy atom. The van der Waals surface area contributed by atoms with Gasteiger partial charge in [0.25, 0.3) is 0 Å². The summed E-state index contributed by atoms with van der Waals surface area (Å²) >= 11 is 0. The van der Waals surface area contributed by atoms with Crippen LogP contribution in [0.15, 0.2) is 42.5 Å². The smallest absolute Gasteiger partial charge is 0.0146 e. The van der Waals surface area contributed by atoms with E-state index in [0.29, 0.717) is 0 Å². The van der Waals surface area contributed by atoms with Crippen LogP contribution in [-0.2, 0) is 6.42 Å². The Bertz CT molecular complexity index is 549. The molecule has 1 aliphatic carbocycles. The van der Waals surface area contributed by atoms with Gasteiger partial charge >= 0.3 is 0 Å². The third-order valence-electron chi connectivity index (χ3n) is 4.02. The Labute approximate surface area is 116 Å². The summed E-state index contributed by atoms with van der Waals surface area (Å²) in [5.74, 6) is 0.784. The first-order valence-electron chi connectivity index (χ1n) is 7.48. The molecule has 0 heterocycles. The Morgan fingerprint density at radius 2 is 1.95 bits per heavy atom. The summed E-state index contributed by atoms with van der Waals surface area (Å²) < 4.78 is 0. The SMILES string of the molecule is CCCCc1ccccc1-c1cc[c]cc1C1CC1. The predicted molar refractivity (Wildman–Crippen MR) is 81.3 cm³/mol. The minimum atomic E-state index is 0.784. The van der Waals surface area contributed by atoms with E-state index in [9.17, 15) is 0 Å². The van der Waals surface area contributed by atoms with Crippen LogP contribution < -0.4 is 0 Å². The lowest BCUT2D eigenvalue weighted by Crippen LogP contribution is -1.93. The van der Waals surface area contributed by atoms with Crippen LogP contribution in [0.25, 0.3) is 11.1 Å². The molecule has 0 aliphatic heterocycles. The molecule has 0 atom stereocenters. The van der Waals surface area contributed by atoms with Gasteiger partial charge in [-0.15, -0.1) is 0 Å². The van der Waals surface area contributed by atoms with E-state index < -0.39 is 0 Å². The molecule has 1 fully saturated rings. The van der Waals surface area contributed by atoms with Gasteiger partial charge in [-0.3, -0.25) is 0 Å². The van der Waals surface area contributed by atoms with Crippen molar-refractivity contribution in [3.63, 3.8) is 0 Å². The summed E-state index contributed by atoms with van der Waals surface area (Å²) in [5, 5.41) is 0. The molecule has 0 heteroatoms. The van der Waals surface area contributed by atoms with Gasteiger partial charge in [-0.05, 0) is 59.9 Å². The molecule has 0 amide bonds. The second kappa shape index (κ2) is 5.61. The van der Waals surface area contributed by atoms with E-state index in [0.717, 1.165) is 5.92 Å². The van der Waals surface area contributed by atoms with Crippen molar-refractivity contribution >= 4 is 0 Å². The highest BCUT2D eigenvalue weighted by atomic mass is 14.3. The first-order valence-corrected chi connectivity index (χ1v) is 7.48. The largest absolute Gasteiger partial charge is 0.0654 e. The molecule has 0 spiro atoms. The van der Waals surface area contributed by atoms with Crippen molar-refractivity contribution in [3.8, 4) is 11.1 Å². The van der Waals surface area contributed by atoms with Crippen LogP contribution in [0.1, 0.15) is 49.7 Å². The second-order valence-corrected chi connectivity index (χ2v) is 5.55. The molecule has 0 bridgehead atoms. The van der Waals surface area contributed by atoms with Crippen LogP contribution >= 0.6 is 0 Å². The van der Waals surface area contributed by atoms with Gasteiger partial charge < -0.3 is 0 Å². The van der Waals surface area contributed by atoms with Gasteiger partial charge in [0.1, 0.15) is 0 Å². The van der Waals surface area contributed by atoms with Crippen molar-refractivity contribution in [2.45, 2.75) is 44.9 Å². The molecule has 1 aliphatic rings. The van der Waals surface area contributed by atoms with E-state index in [-0.39, 0.29) is 0 Å². The lowest BCUT2D eigenvalue weighted by molar-refractivity contribution is 0.796. The normalized spacial score (nSPS) is 14.6. The van der Waals surface area contributed by atoms with Crippen LogP contribution in [0, 0.1) is 6.07 Å². The quantitative estimate of drug-likeness (QED) is 0.668. The first-order chi connectivity index (χ1) is 9.40. The third-order valence-corrected chi connectivity index (χ3v) is 4.02. The number of aryl methyl sites for hydroxylation is 1. The van der Waals surface area contributed by atoms with Gasteiger partial charge in [-0.1, -0.05) is 55.8 Å². The van der Waals surface area contributed by atoms with Gasteiger partial charge in [0.15, 0.2) is 0 Å². The standard InChI is InChI=1S/C19H21/c1-2-3-8-15-9-4-5-10-17(15)19-12-7-6-11-18(19)16-13-14-16/h4-5,7,9-12,16H,2-3,8,13-14H2,1H3. The van der Waals surface area contributed by atoms with Crippen LogP contribution in [0.2, 0.25) is 0 Å². The zero-order valence-corrected chi connectivity index (χ0v) is 11.7. The van der Waals surface area contributed by atoms with Gasteiger partial charge in [-0.2, -0.15) is 0 Å². The van der Waals surface area contributed by atoms with Crippen molar-refractivity contribution in [3.05, 3.63) is 59.7 Å². The van der Waals surface area contributed by atoms with Gasteiger partial charge in [-0.25, -0.2) is 0 Å². The Kier molecular flexibility index (Phi) is 3.68. The Hall–Kier alpha value is -1.56. The highest BCUT2D eigenvalue weighted by Crippen LogP contribution is 2.44. The number of benzene rings is 2. The summed E-state index contributed by atoms with van der Waals surface area (Å²) in [5.41, 5.74) is 5.88. The van der Waals surface area contributed by atoms with Crippen molar-refractivity contribution in [1.29, 1.82) is 0 Å². The van der Waals surface area contributed by atoms with Crippen molar-refractivity contribution < 1.29 is 0 Å². The summed E-state index contributed by atoms with van der Waals surface area (Å²) in [6, 6.07) is 18.7. The topological polar surface area (TPSA) is 0 Å². The molecule has 2 aromatic rings. The summed E-state index contributed by atoms with van der Waals surface area (Å²) in [4.78, 5) is 0. The van der Waals surface area contributed by atoms with Crippen molar-refractivity contribution in [1.82, 2.24) is 0 Å². The predicted octanol–water partition coefficient (Wildman–Crippen LogP) is 5.37. The second-order valence-electron chi connectivity index (χ2n) is 5.55. The van der Waals surface area contributed by atoms with Crippen molar-refractivity contribution in [2.75, 3.05) is 0 Å². The van der Waals surface area contributed by atoms with Crippen molar-refractivity contribution in [2.24, 2.45) is 0 Å². The molecule has 1 saturated carbocycles. The van der Waals surface area contributed by atoms with E-state index in [1.54, 1.807) is 0 Å². The molecular weight excluding hydrogens is 228 g/mol. The molecule has 19 heavy (non-hydrogen) atoms. The monoisotopic (exact) mass is 249 g/mol. The average Bonchev–Trinajstić information content (AvgIpc) is 3.30. The Balaban J connectivity index is 2.01. The molecule has 0 nitrogen and oxygen atoms in total. The zero-order valence-electron chi connectivity index (χ0n) is 11.7. The van der Waals surface area contributed by atoms with E-state index in [2.05, 4.69) is 55.5 Å². The van der Waals surface area contributed by atoms with Crippen LogP contribution in [0.5, 0.6) is 0 Å². The van der Waals surface area contributed by atoms with E-state index in [4.69, 9.17) is 0 Å². The molecule has 1 radical (unpaired) electrons. The molecule has 2 aromatic carbocycles. The van der Waals surface area contributed by atoms with Crippen LogP contribution in [0.4, 0.5) is 0 Å². The number of rotatable bonds is 5. The van der Waals surface area contributed by atoms with Crippen LogP contribution in [0.3, 0.4) is 0 Å². The summed E-state index contributed by atoms with van der Waals surface area (Å²) in [6.45, 7) is 2.26. The highest BCUT2D eigenvalue weighted by molar-refractivity contribution is 5.71. The molecule has 0 saturated heterocycles. The highest BCUT2D eigenvalue weighted by Gasteiger charge is 2.26. The number of hydrogen-bond acceptors (Lipinski definition) is 0.